The third-order valence-corrected chi connectivity index (χ3v) is 4.26. The summed E-state index contributed by atoms with van der Waals surface area (Å²) in [6.07, 6.45) is 2.52. The molecule has 0 aliphatic heterocycles. The minimum atomic E-state index is -3.80. The molecule has 0 saturated heterocycles. The first kappa shape index (κ1) is 15.5. The Kier molecular flexibility index (Phi) is 4.59. The van der Waals surface area contributed by atoms with E-state index in [9.17, 15) is 8.42 Å². The van der Waals surface area contributed by atoms with Gasteiger partial charge in [-0.05, 0) is 36.6 Å². The average molecular weight is 305 g/mol. The Morgan fingerprint density at radius 2 is 1.90 bits per heavy atom. The lowest BCUT2D eigenvalue weighted by Crippen LogP contribution is -2.17. The lowest BCUT2D eigenvalue weighted by atomic mass is 10.1. The summed E-state index contributed by atoms with van der Waals surface area (Å²) in [5, 5.41) is 8.30. The van der Waals surface area contributed by atoms with Crippen LogP contribution >= 0.6 is 0 Å². The fourth-order valence-electron chi connectivity index (χ4n) is 2.06. The van der Waals surface area contributed by atoms with Gasteiger partial charge in [0, 0.05) is 12.2 Å². The highest BCUT2D eigenvalue weighted by atomic mass is 32.2. The quantitative estimate of drug-likeness (QED) is 0.888. The highest BCUT2D eigenvalue weighted by Crippen LogP contribution is 2.23. The molecule has 3 N–H and O–H groups in total. The van der Waals surface area contributed by atoms with Crippen molar-refractivity contribution in [1.29, 1.82) is 0 Å². The van der Waals surface area contributed by atoms with Crippen molar-refractivity contribution in [3.8, 4) is 0 Å². The number of hydrogen-bond donors (Lipinski definition) is 2. The minimum absolute atomic E-state index is 0.00188. The smallest absolute Gasteiger partial charge is 0.241 e. The summed E-state index contributed by atoms with van der Waals surface area (Å²) in [4.78, 5) is 4.08. The Morgan fingerprint density at radius 3 is 2.48 bits per heavy atom. The maximum atomic E-state index is 11.6. The van der Waals surface area contributed by atoms with Crippen LogP contribution in [0.25, 0.3) is 0 Å². The van der Waals surface area contributed by atoms with Crippen molar-refractivity contribution in [2.75, 3.05) is 5.32 Å². The van der Waals surface area contributed by atoms with Crippen LogP contribution in [-0.2, 0) is 16.4 Å². The van der Waals surface area contributed by atoms with E-state index in [1.54, 1.807) is 6.07 Å². The standard InChI is InChI=1S/C15H19N3O2S/c1-3-12-6-8-13(9-7-12)11(2)18-15-14(21(16,19)20)5-4-10-17-15/h4-11H,3H2,1-2H3,(H,17,18)(H2,16,19,20). The number of anilines is 1. The maximum absolute atomic E-state index is 11.6. The summed E-state index contributed by atoms with van der Waals surface area (Å²) < 4.78 is 23.1. The van der Waals surface area contributed by atoms with Gasteiger partial charge in [0.1, 0.15) is 10.7 Å². The van der Waals surface area contributed by atoms with Gasteiger partial charge in [0.25, 0.3) is 0 Å². The Balaban J connectivity index is 2.25. The molecule has 6 heteroatoms. The van der Waals surface area contributed by atoms with Gasteiger partial charge in [-0.2, -0.15) is 0 Å². The largest absolute Gasteiger partial charge is 0.362 e. The number of aryl methyl sites for hydroxylation is 1. The number of pyridine rings is 1. The molecule has 0 aliphatic rings. The minimum Gasteiger partial charge on any atom is -0.362 e. The number of sulfonamides is 1. The Hall–Kier alpha value is -1.92. The molecule has 1 aromatic heterocycles. The lowest BCUT2D eigenvalue weighted by molar-refractivity contribution is 0.597. The van der Waals surface area contributed by atoms with E-state index in [1.807, 2.05) is 19.1 Å². The normalized spacial score (nSPS) is 12.9. The second kappa shape index (κ2) is 6.24. The number of nitrogens with one attached hydrogen (secondary N) is 1. The van der Waals surface area contributed by atoms with Crippen molar-refractivity contribution >= 4 is 15.8 Å². The third kappa shape index (κ3) is 3.80. The summed E-state index contributed by atoms with van der Waals surface area (Å²) in [6, 6.07) is 11.1. The van der Waals surface area contributed by atoms with E-state index in [2.05, 4.69) is 29.4 Å². The Labute approximate surface area is 125 Å². The fraction of sp³-hybridized carbons (Fsp3) is 0.267. The van der Waals surface area contributed by atoms with Crippen LogP contribution in [0.15, 0.2) is 47.5 Å². The molecular formula is C15H19N3O2S. The van der Waals surface area contributed by atoms with E-state index < -0.39 is 10.0 Å². The molecule has 0 amide bonds. The molecule has 0 spiro atoms. The molecular weight excluding hydrogens is 286 g/mol. The lowest BCUT2D eigenvalue weighted by Gasteiger charge is -2.17. The molecule has 112 valence electrons. The Morgan fingerprint density at radius 1 is 1.24 bits per heavy atom. The first-order valence-electron chi connectivity index (χ1n) is 6.75. The zero-order valence-electron chi connectivity index (χ0n) is 12.1. The van der Waals surface area contributed by atoms with E-state index in [-0.39, 0.29) is 16.8 Å². The summed E-state index contributed by atoms with van der Waals surface area (Å²) in [5.74, 6) is 0.270. The second-order valence-corrected chi connectivity index (χ2v) is 6.39. The number of primary sulfonamides is 1. The third-order valence-electron chi connectivity index (χ3n) is 3.32. The molecule has 5 nitrogen and oxygen atoms in total. The van der Waals surface area contributed by atoms with Crippen molar-refractivity contribution in [3.05, 3.63) is 53.7 Å². The predicted octanol–water partition coefficient (Wildman–Crippen LogP) is 2.46. The molecule has 1 aromatic carbocycles. The number of hydrogen-bond acceptors (Lipinski definition) is 4. The predicted molar refractivity (Wildman–Crippen MR) is 83.5 cm³/mol. The molecule has 1 heterocycles. The van der Waals surface area contributed by atoms with Crippen LogP contribution in [0.5, 0.6) is 0 Å². The molecule has 1 unspecified atom stereocenters. The number of rotatable bonds is 5. The van der Waals surface area contributed by atoms with Crippen molar-refractivity contribution in [2.45, 2.75) is 31.2 Å². The van der Waals surface area contributed by atoms with Gasteiger partial charge in [-0.3, -0.25) is 0 Å². The van der Waals surface area contributed by atoms with Gasteiger partial charge in [0.05, 0.1) is 0 Å². The molecule has 2 aromatic rings. The Bertz CT molecular complexity index is 712. The first-order valence-corrected chi connectivity index (χ1v) is 8.29. The second-order valence-electron chi connectivity index (χ2n) is 4.86. The number of aromatic nitrogens is 1. The van der Waals surface area contributed by atoms with Crippen LogP contribution in [-0.4, -0.2) is 13.4 Å². The molecule has 21 heavy (non-hydrogen) atoms. The summed E-state index contributed by atoms with van der Waals surface area (Å²) >= 11 is 0. The average Bonchev–Trinajstić information content (AvgIpc) is 2.47. The SMILES string of the molecule is CCc1ccc(C(C)Nc2ncccc2S(N)(=O)=O)cc1. The van der Waals surface area contributed by atoms with Gasteiger partial charge in [-0.25, -0.2) is 18.5 Å². The van der Waals surface area contributed by atoms with Crippen LogP contribution in [0.3, 0.4) is 0 Å². The molecule has 0 radical (unpaired) electrons. The number of nitrogens with zero attached hydrogens (tertiary/aromatic N) is 1. The number of benzene rings is 1. The van der Waals surface area contributed by atoms with Crippen LogP contribution < -0.4 is 10.5 Å². The van der Waals surface area contributed by atoms with Crippen LogP contribution in [0.2, 0.25) is 0 Å². The highest BCUT2D eigenvalue weighted by molar-refractivity contribution is 7.89. The van der Waals surface area contributed by atoms with Crippen LogP contribution in [0.1, 0.15) is 31.0 Å². The fourth-order valence-corrected chi connectivity index (χ4v) is 2.71. The van der Waals surface area contributed by atoms with Crippen molar-refractivity contribution in [3.63, 3.8) is 0 Å². The molecule has 2 rings (SSSR count). The van der Waals surface area contributed by atoms with Gasteiger partial charge in [-0.15, -0.1) is 0 Å². The van der Waals surface area contributed by atoms with Crippen LogP contribution in [0.4, 0.5) is 5.82 Å². The van der Waals surface area contributed by atoms with Crippen molar-refractivity contribution < 1.29 is 8.42 Å². The van der Waals surface area contributed by atoms with Gasteiger partial charge >= 0.3 is 0 Å². The summed E-state index contributed by atoms with van der Waals surface area (Å²) in [7, 11) is -3.80. The summed E-state index contributed by atoms with van der Waals surface area (Å²) in [5.41, 5.74) is 2.31. The molecule has 0 fully saturated rings. The van der Waals surface area contributed by atoms with Gasteiger partial charge in [0.2, 0.25) is 10.0 Å². The van der Waals surface area contributed by atoms with Gasteiger partial charge in [0.15, 0.2) is 0 Å². The van der Waals surface area contributed by atoms with Crippen LogP contribution in [0, 0.1) is 0 Å². The monoisotopic (exact) mass is 305 g/mol. The number of nitrogens with two attached hydrogens (primary N) is 1. The van der Waals surface area contributed by atoms with Crippen molar-refractivity contribution in [1.82, 2.24) is 4.98 Å². The first-order chi connectivity index (χ1) is 9.91. The molecule has 0 aliphatic carbocycles. The van der Waals surface area contributed by atoms with E-state index in [1.165, 1.54) is 17.8 Å². The van der Waals surface area contributed by atoms with E-state index in [0.29, 0.717) is 0 Å². The summed E-state index contributed by atoms with van der Waals surface area (Å²) in [6.45, 7) is 4.05. The van der Waals surface area contributed by atoms with Gasteiger partial charge in [-0.1, -0.05) is 31.2 Å². The molecule has 1 atom stereocenters. The van der Waals surface area contributed by atoms with E-state index in [0.717, 1.165) is 12.0 Å². The van der Waals surface area contributed by atoms with E-state index in [4.69, 9.17) is 5.14 Å². The van der Waals surface area contributed by atoms with Crippen molar-refractivity contribution in [2.24, 2.45) is 5.14 Å². The molecule has 0 saturated carbocycles. The van der Waals surface area contributed by atoms with Gasteiger partial charge < -0.3 is 5.32 Å². The van der Waals surface area contributed by atoms with E-state index >= 15 is 0 Å². The topological polar surface area (TPSA) is 85.1 Å². The highest BCUT2D eigenvalue weighted by Gasteiger charge is 2.16. The zero-order valence-corrected chi connectivity index (χ0v) is 12.9. The maximum Gasteiger partial charge on any atom is 0.241 e. The molecule has 0 bridgehead atoms. The zero-order chi connectivity index (χ0) is 15.5.